The summed E-state index contributed by atoms with van der Waals surface area (Å²) in [7, 11) is 1.70. The van der Waals surface area contributed by atoms with Gasteiger partial charge in [-0.15, -0.1) is 24.0 Å². The van der Waals surface area contributed by atoms with Crippen molar-refractivity contribution in [3.63, 3.8) is 0 Å². The highest BCUT2D eigenvalue weighted by molar-refractivity contribution is 14.0. The van der Waals surface area contributed by atoms with Crippen LogP contribution in [0.5, 0.6) is 0 Å². The molecule has 1 saturated heterocycles. The summed E-state index contributed by atoms with van der Waals surface area (Å²) in [6.45, 7) is 4.08. The summed E-state index contributed by atoms with van der Waals surface area (Å²) in [6.07, 6.45) is 0. The molecule has 2 N–H and O–H groups in total. The highest BCUT2D eigenvalue weighted by atomic mass is 127. The lowest BCUT2D eigenvalue weighted by molar-refractivity contribution is 0.0170. The third-order valence-corrected chi connectivity index (χ3v) is 4.78. The lowest BCUT2D eigenvalue weighted by Crippen LogP contribution is -2.46. The fourth-order valence-corrected chi connectivity index (χ4v) is 3.28. The fourth-order valence-electron chi connectivity index (χ4n) is 3.28. The highest BCUT2D eigenvalue weighted by Crippen LogP contribution is 2.21. The number of hydrogen-bond acceptors (Lipinski definition) is 3. The first-order valence-electron chi connectivity index (χ1n) is 9.42. The van der Waals surface area contributed by atoms with Crippen LogP contribution in [0.1, 0.15) is 17.2 Å². The van der Waals surface area contributed by atoms with Crippen molar-refractivity contribution in [2.24, 2.45) is 4.99 Å². The van der Waals surface area contributed by atoms with Gasteiger partial charge >= 0.3 is 0 Å². The SMILES string of the molecule is CN=C(NCc1cccc(F)c1)NCC(c1ccc(F)cc1)N1CCOCC1.I. The molecule has 158 valence electrons. The van der Waals surface area contributed by atoms with Crippen molar-refractivity contribution in [1.29, 1.82) is 0 Å². The molecule has 3 rings (SSSR count). The number of morpholine rings is 1. The fraction of sp³-hybridized carbons (Fsp3) is 0.381. The molecule has 2 aromatic rings. The van der Waals surface area contributed by atoms with Crippen LogP contribution in [0.3, 0.4) is 0 Å². The molecule has 0 aromatic heterocycles. The monoisotopic (exact) mass is 516 g/mol. The van der Waals surface area contributed by atoms with Crippen LogP contribution in [0.25, 0.3) is 0 Å². The smallest absolute Gasteiger partial charge is 0.191 e. The molecular formula is C21H27F2IN4O. The highest BCUT2D eigenvalue weighted by Gasteiger charge is 2.23. The van der Waals surface area contributed by atoms with Gasteiger partial charge in [0.25, 0.3) is 0 Å². The molecule has 1 aliphatic heterocycles. The number of rotatable bonds is 6. The van der Waals surface area contributed by atoms with E-state index in [0.29, 0.717) is 32.3 Å². The Bertz CT molecular complexity index is 783. The van der Waals surface area contributed by atoms with Crippen molar-refractivity contribution in [3.05, 3.63) is 71.3 Å². The molecule has 1 atom stereocenters. The second-order valence-electron chi connectivity index (χ2n) is 6.65. The van der Waals surface area contributed by atoms with Gasteiger partial charge in [0, 0.05) is 33.2 Å². The molecular weight excluding hydrogens is 489 g/mol. The van der Waals surface area contributed by atoms with Crippen LogP contribution in [0.4, 0.5) is 8.78 Å². The first kappa shape index (κ1) is 23.5. The normalized spacial score (nSPS) is 16.0. The topological polar surface area (TPSA) is 48.9 Å². The third-order valence-electron chi connectivity index (χ3n) is 4.78. The molecule has 2 aromatic carbocycles. The van der Waals surface area contributed by atoms with Gasteiger partial charge < -0.3 is 15.4 Å². The summed E-state index contributed by atoms with van der Waals surface area (Å²) in [5.74, 6) is 0.126. The van der Waals surface area contributed by atoms with Gasteiger partial charge in [-0.25, -0.2) is 8.78 Å². The van der Waals surface area contributed by atoms with Crippen molar-refractivity contribution < 1.29 is 13.5 Å². The maximum Gasteiger partial charge on any atom is 0.191 e. The van der Waals surface area contributed by atoms with Gasteiger partial charge in [0.1, 0.15) is 11.6 Å². The first-order valence-corrected chi connectivity index (χ1v) is 9.42. The van der Waals surface area contributed by atoms with E-state index in [1.807, 2.05) is 18.2 Å². The molecule has 1 heterocycles. The Labute approximate surface area is 187 Å². The summed E-state index contributed by atoms with van der Waals surface area (Å²) < 4.78 is 32.1. The van der Waals surface area contributed by atoms with Crippen molar-refractivity contribution >= 4 is 29.9 Å². The second-order valence-corrected chi connectivity index (χ2v) is 6.65. The number of halogens is 3. The number of nitrogens with one attached hydrogen (secondary N) is 2. The molecule has 1 aliphatic rings. The van der Waals surface area contributed by atoms with Crippen LogP contribution in [0, 0.1) is 11.6 Å². The minimum atomic E-state index is -0.258. The zero-order valence-electron chi connectivity index (χ0n) is 16.4. The minimum absolute atomic E-state index is 0. The van der Waals surface area contributed by atoms with Crippen LogP contribution in [0.2, 0.25) is 0 Å². The van der Waals surface area contributed by atoms with E-state index in [4.69, 9.17) is 4.74 Å². The van der Waals surface area contributed by atoms with E-state index in [0.717, 1.165) is 24.2 Å². The van der Waals surface area contributed by atoms with Crippen molar-refractivity contribution in [3.8, 4) is 0 Å². The minimum Gasteiger partial charge on any atom is -0.379 e. The van der Waals surface area contributed by atoms with E-state index in [-0.39, 0.29) is 41.7 Å². The molecule has 0 radical (unpaired) electrons. The third kappa shape index (κ3) is 7.20. The zero-order valence-corrected chi connectivity index (χ0v) is 18.7. The number of guanidine groups is 1. The summed E-state index contributed by atoms with van der Waals surface area (Å²) in [6, 6.07) is 13.1. The van der Waals surface area contributed by atoms with Gasteiger partial charge in [0.05, 0.1) is 19.3 Å². The Hall–Kier alpha value is -1.78. The van der Waals surface area contributed by atoms with Gasteiger partial charge in [-0.2, -0.15) is 0 Å². The lowest BCUT2D eigenvalue weighted by Gasteiger charge is -2.35. The van der Waals surface area contributed by atoms with Crippen molar-refractivity contribution in [2.45, 2.75) is 12.6 Å². The van der Waals surface area contributed by atoms with Crippen LogP contribution in [-0.4, -0.2) is 50.8 Å². The molecule has 0 aliphatic carbocycles. The van der Waals surface area contributed by atoms with Gasteiger partial charge in [0.15, 0.2) is 5.96 Å². The zero-order chi connectivity index (χ0) is 19.8. The Morgan fingerprint density at radius 2 is 1.79 bits per heavy atom. The van der Waals surface area contributed by atoms with Crippen molar-refractivity contribution in [1.82, 2.24) is 15.5 Å². The molecule has 0 saturated carbocycles. The molecule has 0 bridgehead atoms. The Kier molecular flexibility index (Phi) is 9.75. The van der Waals surface area contributed by atoms with Crippen LogP contribution in [0.15, 0.2) is 53.5 Å². The van der Waals surface area contributed by atoms with Crippen LogP contribution >= 0.6 is 24.0 Å². The van der Waals surface area contributed by atoms with E-state index in [1.54, 1.807) is 13.1 Å². The quantitative estimate of drug-likeness (QED) is 0.352. The average Bonchev–Trinajstić information content (AvgIpc) is 2.72. The summed E-state index contributed by atoms with van der Waals surface area (Å²) >= 11 is 0. The Balaban J connectivity index is 0.00000300. The molecule has 0 spiro atoms. The molecule has 29 heavy (non-hydrogen) atoms. The van der Waals surface area contributed by atoms with E-state index in [2.05, 4.69) is 20.5 Å². The number of hydrogen-bond donors (Lipinski definition) is 2. The molecule has 1 fully saturated rings. The first-order chi connectivity index (χ1) is 13.7. The van der Waals surface area contributed by atoms with Gasteiger partial charge in [-0.1, -0.05) is 24.3 Å². The predicted molar refractivity (Wildman–Crippen MR) is 122 cm³/mol. The molecule has 8 heteroatoms. The maximum absolute atomic E-state index is 13.3. The number of ether oxygens (including phenoxy) is 1. The van der Waals surface area contributed by atoms with Crippen molar-refractivity contribution in [2.75, 3.05) is 39.9 Å². The maximum atomic E-state index is 13.3. The molecule has 1 unspecified atom stereocenters. The summed E-state index contributed by atoms with van der Waals surface area (Å²) in [4.78, 5) is 6.57. The Morgan fingerprint density at radius 3 is 2.45 bits per heavy atom. The van der Waals surface area contributed by atoms with Gasteiger partial charge in [-0.05, 0) is 35.4 Å². The second kappa shape index (κ2) is 12.0. The summed E-state index contributed by atoms with van der Waals surface area (Å²) in [5, 5.41) is 6.53. The lowest BCUT2D eigenvalue weighted by atomic mass is 10.0. The summed E-state index contributed by atoms with van der Waals surface area (Å²) in [5.41, 5.74) is 1.88. The molecule has 5 nitrogen and oxygen atoms in total. The van der Waals surface area contributed by atoms with Gasteiger partial charge in [-0.3, -0.25) is 9.89 Å². The van der Waals surface area contributed by atoms with Crippen LogP contribution < -0.4 is 10.6 Å². The van der Waals surface area contributed by atoms with Gasteiger partial charge in [0.2, 0.25) is 0 Å². The van der Waals surface area contributed by atoms with E-state index >= 15 is 0 Å². The van der Waals surface area contributed by atoms with Crippen LogP contribution in [-0.2, 0) is 11.3 Å². The van der Waals surface area contributed by atoms with E-state index < -0.39 is 0 Å². The average molecular weight is 516 g/mol. The Morgan fingerprint density at radius 1 is 1.07 bits per heavy atom. The molecule has 0 amide bonds. The standard InChI is InChI=1S/C21H26F2N4O.HI/c1-24-21(25-14-16-3-2-4-19(23)13-16)26-15-20(27-9-11-28-12-10-27)17-5-7-18(22)8-6-17;/h2-8,13,20H,9-12,14-15H2,1H3,(H2,24,25,26);1H. The van der Waals surface area contributed by atoms with E-state index in [1.165, 1.54) is 24.3 Å². The predicted octanol–water partition coefficient (Wildman–Crippen LogP) is 3.32. The van der Waals surface area contributed by atoms with E-state index in [9.17, 15) is 8.78 Å². The number of nitrogens with zero attached hydrogens (tertiary/aromatic N) is 2. The number of aliphatic imine (C=N–C) groups is 1. The largest absolute Gasteiger partial charge is 0.379 e. The number of benzene rings is 2.